The molecule has 2 aromatic rings. The minimum Gasteiger partial charge on any atom is -0.490 e. The van der Waals surface area contributed by atoms with Crippen LogP contribution in [0.15, 0.2) is 36.4 Å². The Hall–Kier alpha value is -2.42. The van der Waals surface area contributed by atoms with Gasteiger partial charge in [0.1, 0.15) is 47.0 Å². The van der Waals surface area contributed by atoms with Crippen LogP contribution >= 0.6 is 12.4 Å². The second-order valence-electron chi connectivity index (χ2n) is 7.92. The van der Waals surface area contributed by atoms with Gasteiger partial charge < -0.3 is 24.6 Å². The van der Waals surface area contributed by atoms with Crippen molar-refractivity contribution in [2.75, 3.05) is 26.2 Å². The highest BCUT2D eigenvalue weighted by Gasteiger charge is 2.42. The van der Waals surface area contributed by atoms with E-state index in [1.165, 1.54) is 12.1 Å². The number of aromatic carboxylic acids is 1. The molecule has 0 bridgehead atoms. The van der Waals surface area contributed by atoms with E-state index in [9.17, 15) is 18.7 Å². The van der Waals surface area contributed by atoms with Gasteiger partial charge in [0, 0.05) is 50.5 Å². The molecule has 2 N–H and O–H groups in total. The van der Waals surface area contributed by atoms with E-state index in [4.69, 9.17) is 14.6 Å². The van der Waals surface area contributed by atoms with Gasteiger partial charge in [-0.25, -0.2) is 13.6 Å². The second-order valence-corrected chi connectivity index (χ2v) is 7.92. The number of rotatable bonds is 6. The van der Waals surface area contributed by atoms with Crippen molar-refractivity contribution in [2.45, 2.75) is 31.0 Å². The van der Waals surface area contributed by atoms with Gasteiger partial charge in [-0.05, 0) is 30.3 Å². The van der Waals surface area contributed by atoms with Crippen LogP contribution in [0.4, 0.5) is 8.78 Å². The lowest BCUT2D eigenvalue weighted by Gasteiger charge is -2.39. The second kappa shape index (κ2) is 9.38. The highest BCUT2D eigenvalue weighted by molar-refractivity contribution is 5.90. The lowest BCUT2D eigenvalue weighted by atomic mass is 9.87. The number of benzene rings is 2. The van der Waals surface area contributed by atoms with E-state index in [0.717, 1.165) is 42.4 Å². The average Bonchev–Trinajstić information content (AvgIpc) is 3.05. The number of aliphatic hydroxyl groups is 1. The first-order valence-corrected chi connectivity index (χ1v) is 9.87. The molecule has 9 heteroatoms. The van der Waals surface area contributed by atoms with E-state index < -0.39 is 17.9 Å². The fraction of sp³-hybridized carbons (Fsp3) is 0.409. The number of hydrogen-bond donors (Lipinski definition) is 2. The van der Waals surface area contributed by atoms with Gasteiger partial charge in [0.25, 0.3) is 0 Å². The molecule has 1 saturated heterocycles. The van der Waals surface area contributed by atoms with Gasteiger partial charge >= 0.3 is 5.97 Å². The Morgan fingerprint density at radius 1 is 1.16 bits per heavy atom. The van der Waals surface area contributed by atoms with Crippen LogP contribution in [0.3, 0.4) is 0 Å². The molecule has 2 aliphatic rings. The number of aliphatic hydroxyl groups excluding tert-OH is 1. The number of β-amino-alcohol motifs (C(OH)–C–C–N with tert-alkyl or cyclic N) is 1. The SMILES string of the molecule is Cl.O=C(O)c1ccc(F)cc1OC[C@H](O)CN1CCC2(CC1)Cc1cc(F)ccc1O2. The summed E-state index contributed by atoms with van der Waals surface area (Å²) in [6, 6.07) is 7.78. The molecular formula is C22H24ClF2NO5. The van der Waals surface area contributed by atoms with Gasteiger partial charge in [0.05, 0.1) is 0 Å². The molecule has 2 aromatic carbocycles. The van der Waals surface area contributed by atoms with Crippen LogP contribution in [0.25, 0.3) is 0 Å². The predicted octanol–water partition coefficient (Wildman–Crippen LogP) is 3.29. The first kappa shape index (κ1) is 23.2. The summed E-state index contributed by atoms with van der Waals surface area (Å²) in [5.41, 5.74) is 0.408. The highest BCUT2D eigenvalue weighted by Crippen LogP contribution is 2.41. The number of carboxylic acids is 1. The van der Waals surface area contributed by atoms with E-state index in [1.807, 2.05) is 0 Å². The molecule has 0 saturated carbocycles. The fourth-order valence-electron chi connectivity index (χ4n) is 4.15. The summed E-state index contributed by atoms with van der Waals surface area (Å²) in [5.74, 6) is -1.47. The summed E-state index contributed by atoms with van der Waals surface area (Å²) in [7, 11) is 0. The summed E-state index contributed by atoms with van der Waals surface area (Å²) in [6.45, 7) is 1.60. The summed E-state index contributed by atoms with van der Waals surface area (Å²) < 4.78 is 38.3. The van der Waals surface area contributed by atoms with Crippen molar-refractivity contribution in [3.63, 3.8) is 0 Å². The van der Waals surface area contributed by atoms with Crippen LogP contribution in [0.2, 0.25) is 0 Å². The van der Waals surface area contributed by atoms with E-state index in [0.29, 0.717) is 26.1 Å². The summed E-state index contributed by atoms with van der Waals surface area (Å²) >= 11 is 0. The molecule has 4 rings (SSSR count). The number of carbonyl (C=O) groups is 1. The molecule has 0 aliphatic carbocycles. The lowest BCUT2D eigenvalue weighted by molar-refractivity contribution is -0.00204. The van der Waals surface area contributed by atoms with Crippen LogP contribution in [0.5, 0.6) is 11.5 Å². The average molecular weight is 456 g/mol. The molecule has 6 nitrogen and oxygen atoms in total. The first-order valence-electron chi connectivity index (χ1n) is 9.87. The van der Waals surface area contributed by atoms with Crippen molar-refractivity contribution >= 4 is 18.4 Å². The number of hydrogen-bond acceptors (Lipinski definition) is 5. The highest BCUT2D eigenvalue weighted by atomic mass is 35.5. The number of fused-ring (bicyclic) bond motifs is 1. The zero-order chi connectivity index (χ0) is 21.3. The summed E-state index contributed by atoms with van der Waals surface area (Å²) in [6.07, 6.45) is 1.32. The molecule has 2 heterocycles. The standard InChI is InChI=1S/C22H23F2NO5.ClH/c23-15-2-4-19-14(9-15)11-22(30-19)5-7-25(8-6-22)12-17(26)13-29-20-10-16(24)1-3-18(20)21(27)28;/h1-4,9-10,17,26H,5-8,11-13H2,(H,27,28);1H/t17-;/m1./s1. The van der Waals surface area contributed by atoms with Crippen LogP contribution in [-0.4, -0.2) is 59.0 Å². The smallest absolute Gasteiger partial charge is 0.339 e. The van der Waals surface area contributed by atoms with Gasteiger partial charge in [0.2, 0.25) is 0 Å². The zero-order valence-electron chi connectivity index (χ0n) is 16.7. The minimum absolute atomic E-state index is 0. The largest absolute Gasteiger partial charge is 0.490 e. The molecular weight excluding hydrogens is 432 g/mol. The first-order chi connectivity index (χ1) is 14.3. The molecule has 0 aromatic heterocycles. The van der Waals surface area contributed by atoms with Crippen LogP contribution in [-0.2, 0) is 6.42 Å². The number of halogens is 3. The van der Waals surface area contributed by atoms with Crippen LogP contribution in [0.1, 0.15) is 28.8 Å². The van der Waals surface area contributed by atoms with Crippen molar-refractivity contribution in [3.8, 4) is 11.5 Å². The topological polar surface area (TPSA) is 79.2 Å². The van der Waals surface area contributed by atoms with Crippen molar-refractivity contribution in [1.82, 2.24) is 4.90 Å². The maximum Gasteiger partial charge on any atom is 0.339 e. The van der Waals surface area contributed by atoms with Crippen molar-refractivity contribution < 1.29 is 33.3 Å². The Balaban J connectivity index is 0.00000272. The van der Waals surface area contributed by atoms with Crippen molar-refractivity contribution in [3.05, 3.63) is 59.2 Å². The third-order valence-electron chi connectivity index (χ3n) is 5.70. The van der Waals surface area contributed by atoms with Gasteiger partial charge in [-0.1, -0.05) is 0 Å². The molecule has 168 valence electrons. The molecule has 1 atom stereocenters. The van der Waals surface area contributed by atoms with E-state index in [-0.39, 0.29) is 41.7 Å². The summed E-state index contributed by atoms with van der Waals surface area (Å²) in [4.78, 5) is 13.3. The normalized spacial score (nSPS) is 18.0. The Morgan fingerprint density at radius 2 is 1.84 bits per heavy atom. The number of carboxylic acid groups (broad SMARTS) is 1. The lowest BCUT2D eigenvalue weighted by Crippen LogP contribution is -2.49. The zero-order valence-corrected chi connectivity index (χ0v) is 17.5. The van der Waals surface area contributed by atoms with E-state index >= 15 is 0 Å². The van der Waals surface area contributed by atoms with Crippen molar-refractivity contribution in [1.29, 1.82) is 0 Å². The van der Waals surface area contributed by atoms with Gasteiger partial charge in [-0.3, -0.25) is 0 Å². The third kappa shape index (κ3) is 5.26. The maximum atomic E-state index is 13.5. The Kier molecular flexibility index (Phi) is 7.03. The van der Waals surface area contributed by atoms with Crippen LogP contribution in [0, 0.1) is 11.6 Å². The molecule has 0 unspecified atom stereocenters. The van der Waals surface area contributed by atoms with Gasteiger partial charge in [-0.15, -0.1) is 12.4 Å². The summed E-state index contributed by atoms with van der Waals surface area (Å²) in [5, 5.41) is 19.5. The minimum atomic E-state index is -1.22. The van der Waals surface area contributed by atoms with Crippen LogP contribution < -0.4 is 9.47 Å². The Labute approximate surface area is 184 Å². The van der Waals surface area contributed by atoms with Crippen molar-refractivity contribution in [2.24, 2.45) is 0 Å². The monoisotopic (exact) mass is 455 g/mol. The number of piperidine rings is 1. The molecule has 0 amide bonds. The van der Waals surface area contributed by atoms with Gasteiger partial charge in [0.15, 0.2) is 0 Å². The maximum absolute atomic E-state index is 13.5. The number of likely N-dealkylation sites (tertiary alicyclic amines) is 1. The quantitative estimate of drug-likeness (QED) is 0.696. The fourth-order valence-corrected chi connectivity index (χ4v) is 4.15. The Morgan fingerprint density at radius 3 is 2.55 bits per heavy atom. The predicted molar refractivity (Wildman–Crippen MR) is 111 cm³/mol. The Bertz CT molecular complexity index is 949. The molecule has 2 aliphatic heterocycles. The number of nitrogens with zero attached hydrogens (tertiary/aromatic N) is 1. The third-order valence-corrected chi connectivity index (χ3v) is 5.70. The molecule has 1 spiro atoms. The molecule has 31 heavy (non-hydrogen) atoms. The van der Waals surface area contributed by atoms with E-state index in [2.05, 4.69) is 4.90 Å². The molecule has 1 fully saturated rings. The van der Waals surface area contributed by atoms with Gasteiger partial charge in [-0.2, -0.15) is 0 Å². The number of ether oxygens (including phenoxy) is 2. The van der Waals surface area contributed by atoms with E-state index in [1.54, 1.807) is 6.07 Å². The molecule has 0 radical (unpaired) electrons.